The molecule has 0 amide bonds. The van der Waals surface area contributed by atoms with E-state index in [1.54, 1.807) is 12.1 Å². The van der Waals surface area contributed by atoms with Crippen molar-refractivity contribution in [1.82, 2.24) is 0 Å². The van der Waals surface area contributed by atoms with E-state index >= 15 is 0 Å². The molecule has 0 aliphatic rings. The topological polar surface area (TPSA) is 43.1 Å². The van der Waals surface area contributed by atoms with Crippen molar-refractivity contribution in [1.29, 1.82) is 0 Å². The highest BCUT2D eigenvalue weighted by atomic mass is 127. The van der Waals surface area contributed by atoms with Gasteiger partial charge in [0.05, 0.1) is 4.92 Å². The van der Waals surface area contributed by atoms with Crippen molar-refractivity contribution in [2.75, 3.05) is 0 Å². The monoisotopic (exact) mass is 341 g/mol. The smallest absolute Gasteiger partial charge is 0.258 e. The Kier molecular flexibility index (Phi) is 3.45. The van der Waals surface area contributed by atoms with Crippen molar-refractivity contribution in [3.8, 4) is 0 Å². The Hall–Kier alpha value is -0.170. The highest BCUT2D eigenvalue weighted by Crippen LogP contribution is 2.19. The standard InChI is InChI=1S/C7H5BrINO2/c8-4-5-1-6(9)3-7(2-5)10(11)12/h1-3H,4H2. The molecule has 0 unspecified atom stereocenters. The number of halogens is 2. The first-order valence-corrected chi connectivity index (χ1v) is 5.33. The summed E-state index contributed by atoms with van der Waals surface area (Å²) < 4.78 is 0.885. The third-order valence-electron chi connectivity index (χ3n) is 1.31. The SMILES string of the molecule is O=[N+]([O-])c1cc(I)cc(CBr)c1. The fourth-order valence-electron chi connectivity index (χ4n) is 0.816. The van der Waals surface area contributed by atoms with Crippen LogP contribution in [0.15, 0.2) is 18.2 Å². The molecule has 3 nitrogen and oxygen atoms in total. The summed E-state index contributed by atoms with van der Waals surface area (Å²) in [6, 6.07) is 5.02. The van der Waals surface area contributed by atoms with E-state index in [1.165, 1.54) is 0 Å². The van der Waals surface area contributed by atoms with Crippen LogP contribution in [0.3, 0.4) is 0 Å². The molecule has 0 heterocycles. The minimum absolute atomic E-state index is 0.149. The van der Waals surface area contributed by atoms with Crippen LogP contribution in [0.25, 0.3) is 0 Å². The van der Waals surface area contributed by atoms with Gasteiger partial charge in [-0.3, -0.25) is 10.1 Å². The summed E-state index contributed by atoms with van der Waals surface area (Å²) >= 11 is 5.31. The van der Waals surface area contributed by atoms with Gasteiger partial charge < -0.3 is 0 Å². The molecule has 1 aromatic rings. The maximum Gasteiger partial charge on any atom is 0.270 e. The first kappa shape index (κ1) is 9.91. The first-order valence-electron chi connectivity index (χ1n) is 3.13. The van der Waals surface area contributed by atoms with Crippen molar-refractivity contribution in [2.45, 2.75) is 5.33 Å². The van der Waals surface area contributed by atoms with Crippen LogP contribution < -0.4 is 0 Å². The molecule has 0 aliphatic carbocycles. The maximum atomic E-state index is 10.4. The van der Waals surface area contributed by atoms with Crippen LogP contribution in [0, 0.1) is 13.7 Å². The van der Waals surface area contributed by atoms with E-state index in [4.69, 9.17) is 0 Å². The lowest BCUT2D eigenvalue weighted by atomic mass is 10.2. The molecule has 64 valence electrons. The van der Waals surface area contributed by atoms with Gasteiger partial charge in [0, 0.05) is 21.0 Å². The average Bonchev–Trinajstić information content (AvgIpc) is 2.03. The summed E-state index contributed by atoms with van der Waals surface area (Å²) in [5.74, 6) is 0. The number of rotatable bonds is 2. The highest BCUT2D eigenvalue weighted by molar-refractivity contribution is 14.1. The summed E-state index contributed by atoms with van der Waals surface area (Å²) in [5.41, 5.74) is 1.07. The number of benzene rings is 1. The second kappa shape index (κ2) is 4.18. The molecular weight excluding hydrogens is 337 g/mol. The molecule has 0 bridgehead atoms. The lowest BCUT2D eigenvalue weighted by Crippen LogP contribution is -1.90. The van der Waals surface area contributed by atoms with E-state index in [-0.39, 0.29) is 10.6 Å². The quantitative estimate of drug-likeness (QED) is 0.359. The number of nitrogens with zero attached hydrogens (tertiary/aromatic N) is 1. The van der Waals surface area contributed by atoms with Gasteiger partial charge in [-0.1, -0.05) is 15.9 Å². The van der Waals surface area contributed by atoms with E-state index in [0.717, 1.165) is 9.13 Å². The minimum Gasteiger partial charge on any atom is -0.258 e. The van der Waals surface area contributed by atoms with Crippen molar-refractivity contribution in [3.05, 3.63) is 37.4 Å². The molecule has 0 spiro atoms. The Morgan fingerprint density at radius 3 is 2.67 bits per heavy atom. The van der Waals surface area contributed by atoms with E-state index < -0.39 is 0 Å². The summed E-state index contributed by atoms with van der Waals surface area (Å²) in [6.45, 7) is 0. The van der Waals surface area contributed by atoms with Gasteiger partial charge in [0.15, 0.2) is 0 Å². The number of hydrogen-bond acceptors (Lipinski definition) is 2. The lowest BCUT2D eigenvalue weighted by molar-refractivity contribution is -0.385. The largest absolute Gasteiger partial charge is 0.270 e. The zero-order valence-electron chi connectivity index (χ0n) is 5.96. The number of nitro groups is 1. The van der Waals surface area contributed by atoms with E-state index in [1.807, 2.05) is 6.07 Å². The molecule has 1 rings (SSSR count). The zero-order chi connectivity index (χ0) is 9.14. The van der Waals surface area contributed by atoms with Gasteiger partial charge >= 0.3 is 0 Å². The van der Waals surface area contributed by atoms with Crippen molar-refractivity contribution >= 4 is 44.2 Å². The summed E-state index contributed by atoms with van der Waals surface area (Å²) in [5, 5.41) is 11.1. The first-order chi connectivity index (χ1) is 5.63. The zero-order valence-corrected chi connectivity index (χ0v) is 9.70. The Labute approximate surface area is 91.6 Å². The molecule has 0 aliphatic heterocycles. The van der Waals surface area contributed by atoms with Crippen LogP contribution in [-0.2, 0) is 5.33 Å². The molecule has 0 fully saturated rings. The minimum atomic E-state index is -0.381. The Balaban J connectivity index is 3.15. The van der Waals surface area contributed by atoms with Crippen LogP contribution in [0.4, 0.5) is 5.69 Å². The molecule has 0 N–H and O–H groups in total. The van der Waals surface area contributed by atoms with Gasteiger partial charge in [0.25, 0.3) is 5.69 Å². The molecule has 1 aromatic carbocycles. The molecule has 5 heteroatoms. The summed E-state index contributed by atoms with van der Waals surface area (Å²) in [4.78, 5) is 10.0. The summed E-state index contributed by atoms with van der Waals surface area (Å²) in [7, 11) is 0. The molecule has 0 atom stereocenters. The number of hydrogen-bond donors (Lipinski definition) is 0. The fraction of sp³-hybridized carbons (Fsp3) is 0.143. The second-order valence-electron chi connectivity index (χ2n) is 2.21. The van der Waals surface area contributed by atoms with Gasteiger partial charge in [-0.15, -0.1) is 0 Å². The maximum absolute atomic E-state index is 10.4. The number of non-ortho nitro benzene ring substituents is 1. The van der Waals surface area contributed by atoms with Crippen LogP contribution in [-0.4, -0.2) is 4.92 Å². The molecular formula is C7H5BrINO2. The van der Waals surface area contributed by atoms with E-state index in [9.17, 15) is 10.1 Å². The lowest BCUT2D eigenvalue weighted by Gasteiger charge is -1.97. The van der Waals surface area contributed by atoms with Crippen molar-refractivity contribution in [3.63, 3.8) is 0 Å². The van der Waals surface area contributed by atoms with E-state index in [2.05, 4.69) is 38.5 Å². The predicted octanol–water partition coefficient (Wildman–Crippen LogP) is 3.09. The van der Waals surface area contributed by atoms with Gasteiger partial charge in [-0.2, -0.15) is 0 Å². The Morgan fingerprint density at radius 1 is 1.50 bits per heavy atom. The van der Waals surface area contributed by atoms with E-state index in [0.29, 0.717) is 5.33 Å². The Morgan fingerprint density at radius 2 is 2.17 bits per heavy atom. The van der Waals surface area contributed by atoms with Crippen LogP contribution >= 0.6 is 38.5 Å². The highest BCUT2D eigenvalue weighted by Gasteiger charge is 2.07. The van der Waals surface area contributed by atoms with Crippen molar-refractivity contribution in [2.24, 2.45) is 0 Å². The fourth-order valence-corrected chi connectivity index (χ4v) is 1.86. The van der Waals surface area contributed by atoms with Crippen molar-refractivity contribution < 1.29 is 4.92 Å². The number of nitro benzene ring substituents is 1. The third kappa shape index (κ3) is 2.41. The van der Waals surface area contributed by atoms with Crippen LogP contribution in [0.5, 0.6) is 0 Å². The Bertz CT molecular complexity index is 316. The van der Waals surface area contributed by atoms with Gasteiger partial charge in [0.2, 0.25) is 0 Å². The second-order valence-corrected chi connectivity index (χ2v) is 4.01. The molecule has 0 saturated carbocycles. The average molecular weight is 342 g/mol. The normalized spacial score (nSPS) is 9.83. The number of alkyl halides is 1. The predicted molar refractivity (Wildman–Crippen MR) is 58.4 cm³/mol. The third-order valence-corrected chi connectivity index (χ3v) is 2.58. The molecule has 12 heavy (non-hydrogen) atoms. The van der Waals surface area contributed by atoms with Gasteiger partial charge in [0.1, 0.15) is 0 Å². The molecule has 0 saturated heterocycles. The van der Waals surface area contributed by atoms with Gasteiger partial charge in [-0.05, 0) is 34.2 Å². The molecule has 0 aromatic heterocycles. The molecule has 0 radical (unpaired) electrons. The van der Waals surface area contributed by atoms with Gasteiger partial charge in [-0.25, -0.2) is 0 Å². The van der Waals surface area contributed by atoms with Crippen LogP contribution in [0.1, 0.15) is 5.56 Å². The summed E-state index contributed by atoms with van der Waals surface area (Å²) in [6.07, 6.45) is 0. The van der Waals surface area contributed by atoms with Crippen LogP contribution in [0.2, 0.25) is 0 Å².